The van der Waals surface area contributed by atoms with Gasteiger partial charge in [0.1, 0.15) is 0 Å². The average molecular weight is 185 g/mol. The van der Waals surface area contributed by atoms with E-state index in [2.05, 4.69) is 53.4 Å². The SMILES string of the molecule is CCC(C)N(C(C)CC)C(C)(C)C. The largest absolute Gasteiger partial charge is 0.293 e. The van der Waals surface area contributed by atoms with Gasteiger partial charge in [0.2, 0.25) is 0 Å². The van der Waals surface area contributed by atoms with E-state index in [0.717, 1.165) is 0 Å². The van der Waals surface area contributed by atoms with E-state index in [4.69, 9.17) is 0 Å². The Morgan fingerprint density at radius 1 is 0.923 bits per heavy atom. The summed E-state index contributed by atoms with van der Waals surface area (Å²) in [6, 6.07) is 1.38. The first kappa shape index (κ1) is 13.0. The Morgan fingerprint density at radius 3 is 1.38 bits per heavy atom. The van der Waals surface area contributed by atoms with Crippen LogP contribution in [0.15, 0.2) is 0 Å². The van der Waals surface area contributed by atoms with Gasteiger partial charge in [-0.05, 0) is 47.5 Å². The Hall–Kier alpha value is -0.0400. The summed E-state index contributed by atoms with van der Waals surface area (Å²) in [5, 5.41) is 0. The van der Waals surface area contributed by atoms with Crippen LogP contribution in [0, 0.1) is 0 Å². The van der Waals surface area contributed by atoms with Crippen LogP contribution in [0.1, 0.15) is 61.3 Å². The topological polar surface area (TPSA) is 3.24 Å². The Bertz CT molecular complexity index is 125. The maximum absolute atomic E-state index is 2.63. The molecule has 0 aromatic heterocycles. The van der Waals surface area contributed by atoms with Crippen molar-refractivity contribution < 1.29 is 0 Å². The molecule has 0 heterocycles. The summed E-state index contributed by atoms with van der Waals surface area (Å²) in [5.41, 5.74) is 0.296. The molecule has 0 fully saturated rings. The summed E-state index contributed by atoms with van der Waals surface area (Å²) in [6.45, 7) is 16.1. The van der Waals surface area contributed by atoms with Gasteiger partial charge < -0.3 is 0 Å². The quantitative estimate of drug-likeness (QED) is 0.646. The molecule has 13 heavy (non-hydrogen) atoms. The van der Waals surface area contributed by atoms with Gasteiger partial charge in [-0.3, -0.25) is 4.90 Å². The lowest BCUT2D eigenvalue weighted by Gasteiger charge is -2.44. The molecule has 0 amide bonds. The molecule has 0 aliphatic carbocycles. The van der Waals surface area contributed by atoms with Crippen LogP contribution in [0.4, 0.5) is 0 Å². The molecule has 0 spiro atoms. The Morgan fingerprint density at radius 2 is 1.23 bits per heavy atom. The van der Waals surface area contributed by atoms with Crippen LogP contribution >= 0.6 is 0 Å². The van der Waals surface area contributed by atoms with E-state index < -0.39 is 0 Å². The number of nitrogens with zero attached hydrogens (tertiary/aromatic N) is 1. The molecule has 0 rings (SSSR count). The fraction of sp³-hybridized carbons (Fsp3) is 1.00. The zero-order valence-corrected chi connectivity index (χ0v) is 10.5. The highest BCUT2D eigenvalue weighted by Crippen LogP contribution is 2.23. The molecule has 80 valence electrons. The first-order chi connectivity index (χ1) is 5.84. The van der Waals surface area contributed by atoms with E-state index >= 15 is 0 Å². The standard InChI is InChI=1S/C12H27N/c1-8-10(3)13(11(4)9-2)12(5,6)7/h10-11H,8-9H2,1-7H3. The molecule has 0 N–H and O–H groups in total. The third-order valence-electron chi connectivity index (χ3n) is 2.91. The summed E-state index contributed by atoms with van der Waals surface area (Å²) >= 11 is 0. The summed E-state index contributed by atoms with van der Waals surface area (Å²) in [4.78, 5) is 2.63. The van der Waals surface area contributed by atoms with Crippen LogP contribution in [-0.4, -0.2) is 22.5 Å². The van der Waals surface area contributed by atoms with Gasteiger partial charge in [-0.25, -0.2) is 0 Å². The zero-order valence-electron chi connectivity index (χ0n) is 10.5. The second-order valence-electron chi connectivity index (χ2n) is 5.09. The average Bonchev–Trinajstić information content (AvgIpc) is 2.01. The molecular formula is C12H27N. The first-order valence-electron chi connectivity index (χ1n) is 5.63. The molecule has 0 aromatic carbocycles. The van der Waals surface area contributed by atoms with Crippen molar-refractivity contribution >= 4 is 0 Å². The third-order valence-corrected chi connectivity index (χ3v) is 2.91. The van der Waals surface area contributed by atoms with Crippen molar-refractivity contribution in [3.8, 4) is 0 Å². The molecule has 0 aliphatic heterocycles. The van der Waals surface area contributed by atoms with E-state index in [1.54, 1.807) is 0 Å². The monoisotopic (exact) mass is 185 g/mol. The summed E-state index contributed by atoms with van der Waals surface area (Å²) in [5.74, 6) is 0. The molecule has 2 unspecified atom stereocenters. The van der Waals surface area contributed by atoms with Crippen molar-refractivity contribution in [2.45, 2.75) is 78.9 Å². The number of rotatable bonds is 4. The molecule has 0 aromatic rings. The van der Waals surface area contributed by atoms with Gasteiger partial charge in [0.15, 0.2) is 0 Å². The molecule has 0 radical (unpaired) electrons. The highest BCUT2D eigenvalue weighted by Gasteiger charge is 2.28. The van der Waals surface area contributed by atoms with E-state index in [-0.39, 0.29) is 0 Å². The molecule has 0 bridgehead atoms. The van der Waals surface area contributed by atoms with Crippen molar-refractivity contribution in [3.63, 3.8) is 0 Å². The van der Waals surface area contributed by atoms with Gasteiger partial charge in [0.25, 0.3) is 0 Å². The molecule has 1 heteroatoms. The highest BCUT2D eigenvalue weighted by molar-refractivity contribution is 4.84. The molecule has 0 aliphatic rings. The van der Waals surface area contributed by atoms with Crippen LogP contribution in [0.25, 0.3) is 0 Å². The fourth-order valence-corrected chi connectivity index (χ4v) is 2.15. The lowest BCUT2D eigenvalue weighted by atomic mass is 9.98. The Kier molecular flexibility index (Phi) is 4.98. The molecule has 0 saturated carbocycles. The normalized spacial score (nSPS) is 17.5. The van der Waals surface area contributed by atoms with Crippen molar-refractivity contribution in [2.75, 3.05) is 0 Å². The second-order valence-corrected chi connectivity index (χ2v) is 5.09. The number of hydrogen-bond donors (Lipinski definition) is 0. The summed E-state index contributed by atoms with van der Waals surface area (Å²) in [7, 11) is 0. The number of hydrogen-bond acceptors (Lipinski definition) is 1. The predicted octanol–water partition coefficient (Wildman–Crippen LogP) is 3.68. The van der Waals surface area contributed by atoms with Gasteiger partial charge in [-0.1, -0.05) is 13.8 Å². The van der Waals surface area contributed by atoms with Crippen LogP contribution in [-0.2, 0) is 0 Å². The molecule has 1 nitrogen and oxygen atoms in total. The fourth-order valence-electron chi connectivity index (χ4n) is 2.15. The predicted molar refractivity (Wildman–Crippen MR) is 61.1 cm³/mol. The summed E-state index contributed by atoms with van der Waals surface area (Å²) in [6.07, 6.45) is 2.48. The minimum Gasteiger partial charge on any atom is -0.293 e. The van der Waals surface area contributed by atoms with Crippen molar-refractivity contribution in [3.05, 3.63) is 0 Å². The van der Waals surface area contributed by atoms with E-state index in [0.29, 0.717) is 17.6 Å². The van der Waals surface area contributed by atoms with Crippen molar-refractivity contribution in [1.82, 2.24) is 4.90 Å². The lowest BCUT2D eigenvalue weighted by molar-refractivity contribution is 0.0448. The van der Waals surface area contributed by atoms with Gasteiger partial charge in [-0.2, -0.15) is 0 Å². The minimum atomic E-state index is 0.296. The smallest absolute Gasteiger partial charge is 0.0130 e. The molecule has 2 atom stereocenters. The first-order valence-corrected chi connectivity index (χ1v) is 5.63. The van der Waals surface area contributed by atoms with E-state index in [1.807, 2.05) is 0 Å². The molecular weight excluding hydrogens is 158 g/mol. The third kappa shape index (κ3) is 3.68. The molecule has 0 saturated heterocycles. The van der Waals surface area contributed by atoms with Crippen LogP contribution in [0.3, 0.4) is 0 Å². The van der Waals surface area contributed by atoms with Gasteiger partial charge in [0.05, 0.1) is 0 Å². The van der Waals surface area contributed by atoms with E-state index in [1.165, 1.54) is 12.8 Å². The lowest BCUT2D eigenvalue weighted by Crippen LogP contribution is -2.51. The minimum absolute atomic E-state index is 0.296. The van der Waals surface area contributed by atoms with Crippen LogP contribution < -0.4 is 0 Å². The maximum Gasteiger partial charge on any atom is 0.0130 e. The highest BCUT2D eigenvalue weighted by atomic mass is 15.2. The second kappa shape index (κ2) is 4.99. The van der Waals surface area contributed by atoms with Gasteiger partial charge in [-0.15, -0.1) is 0 Å². The zero-order chi connectivity index (χ0) is 10.6. The Labute approximate surface area is 84.5 Å². The Balaban J connectivity index is 4.55. The van der Waals surface area contributed by atoms with Crippen LogP contribution in [0.2, 0.25) is 0 Å². The van der Waals surface area contributed by atoms with Crippen molar-refractivity contribution in [1.29, 1.82) is 0 Å². The summed E-state index contributed by atoms with van der Waals surface area (Å²) < 4.78 is 0. The van der Waals surface area contributed by atoms with Gasteiger partial charge in [0, 0.05) is 17.6 Å². The van der Waals surface area contributed by atoms with Crippen molar-refractivity contribution in [2.24, 2.45) is 0 Å². The van der Waals surface area contributed by atoms with E-state index in [9.17, 15) is 0 Å². The van der Waals surface area contributed by atoms with Crippen LogP contribution in [0.5, 0.6) is 0 Å². The van der Waals surface area contributed by atoms with Gasteiger partial charge >= 0.3 is 0 Å². The maximum atomic E-state index is 2.63.